The van der Waals surface area contributed by atoms with Crippen LogP contribution in [0.3, 0.4) is 0 Å². The lowest BCUT2D eigenvalue weighted by molar-refractivity contribution is -0.385. The summed E-state index contributed by atoms with van der Waals surface area (Å²) < 4.78 is 5.12. The largest absolute Gasteiger partial charge is 0.502 e. The molecule has 1 fully saturated rings. The van der Waals surface area contributed by atoms with E-state index in [0.29, 0.717) is 7.62 Å². The van der Waals surface area contributed by atoms with Crippen molar-refractivity contribution in [3.8, 4) is 5.75 Å². The van der Waals surface area contributed by atoms with Crippen LogP contribution in [-0.4, -0.2) is 42.7 Å². The molecule has 0 spiro atoms. The number of aromatic hydroxyl groups is 1. The fourth-order valence-electron chi connectivity index (χ4n) is 2.40. The Labute approximate surface area is 118 Å². The average Bonchev–Trinajstić information content (AvgIpc) is 2.41. The van der Waals surface area contributed by atoms with Gasteiger partial charge in [-0.25, -0.2) is 0 Å². The molecule has 0 bridgehead atoms. The van der Waals surface area contributed by atoms with E-state index in [9.17, 15) is 15.2 Å². The molecule has 1 N–H and O–H groups in total. The van der Waals surface area contributed by atoms with Gasteiger partial charge in [-0.15, -0.1) is 0 Å². The van der Waals surface area contributed by atoms with Crippen LogP contribution in [0.1, 0.15) is 18.4 Å². The predicted octanol–water partition coefficient (Wildman–Crippen LogP) is 1.69. The molecule has 0 aromatic heterocycles. The van der Waals surface area contributed by atoms with Crippen molar-refractivity contribution < 1.29 is 14.7 Å². The number of benzene rings is 1. The van der Waals surface area contributed by atoms with Crippen molar-refractivity contribution in [2.45, 2.75) is 12.8 Å². The molecule has 7 heteroatoms. The number of phenolic OH excluding ortho intramolecular Hbond substituents is 1. The minimum Gasteiger partial charge on any atom is -0.502 e. The highest BCUT2D eigenvalue weighted by molar-refractivity contribution is 6.23. The number of phenols is 1. The van der Waals surface area contributed by atoms with E-state index in [1.54, 1.807) is 13.2 Å². The number of nitro groups is 1. The third-order valence-corrected chi connectivity index (χ3v) is 3.28. The summed E-state index contributed by atoms with van der Waals surface area (Å²) in [5.74, 6) is -0.304. The first-order valence-electron chi connectivity index (χ1n) is 6.48. The van der Waals surface area contributed by atoms with Crippen molar-refractivity contribution in [1.29, 1.82) is 0 Å². The standard InChI is InChI=1S/C13H17BN2O4/c1-20-14-15-6-2-3-11(9-15)7-10-4-5-13(17)12(8-10)16(18)19/h4-5,7-8,14,17H,2-3,6,9H2,1H3. The van der Waals surface area contributed by atoms with Crippen LogP contribution >= 0.6 is 0 Å². The number of hydrogen-bond donors (Lipinski definition) is 1. The van der Waals surface area contributed by atoms with Gasteiger partial charge in [-0.05, 0) is 31.0 Å². The molecule has 20 heavy (non-hydrogen) atoms. The molecule has 0 atom stereocenters. The molecule has 0 amide bonds. The van der Waals surface area contributed by atoms with Crippen molar-refractivity contribution in [2.75, 3.05) is 20.2 Å². The fourth-order valence-corrected chi connectivity index (χ4v) is 2.40. The van der Waals surface area contributed by atoms with Gasteiger partial charge in [0.1, 0.15) is 0 Å². The first-order chi connectivity index (χ1) is 9.60. The summed E-state index contributed by atoms with van der Waals surface area (Å²) in [5.41, 5.74) is 1.70. The molecule has 1 aromatic rings. The Kier molecular flexibility index (Phi) is 4.76. The zero-order valence-electron chi connectivity index (χ0n) is 11.4. The molecule has 0 unspecified atom stereocenters. The Bertz CT molecular complexity index is 531. The summed E-state index contributed by atoms with van der Waals surface area (Å²) in [7, 11) is 2.26. The lowest BCUT2D eigenvalue weighted by Gasteiger charge is -2.27. The van der Waals surface area contributed by atoms with Crippen LogP contribution in [0.2, 0.25) is 0 Å². The van der Waals surface area contributed by atoms with Crippen LogP contribution in [0.4, 0.5) is 5.69 Å². The monoisotopic (exact) mass is 276 g/mol. The van der Waals surface area contributed by atoms with E-state index < -0.39 is 4.92 Å². The van der Waals surface area contributed by atoms with Crippen LogP contribution in [0.5, 0.6) is 5.75 Å². The molecule has 1 aromatic carbocycles. The summed E-state index contributed by atoms with van der Waals surface area (Å²) >= 11 is 0. The van der Waals surface area contributed by atoms with Crippen molar-refractivity contribution in [2.24, 2.45) is 0 Å². The summed E-state index contributed by atoms with van der Waals surface area (Å²) in [6.45, 7) is 1.81. The number of hydrogen-bond acceptors (Lipinski definition) is 5. The second kappa shape index (κ2) is 6.54. The zero-order valence-corrected chi connectivity index (χ0v) is 11.4. The van der Waals surface area contributed by atoms with Crippen LogP contribution < -0.4 is 0 Å². The van der Waals surface area contributed by atoms with Crippen molar-refractivity contribution in [3.63, 3.8) is 0 Å². The van der Waals surface area contributed by atoms with E-state index in [0.717, 1.165) is 31.5 Å². The summed E-state index contributed by atoms with van der Waals surface area (Å²) in [5, 5.41) is 20.2. The molecule has 2 rings (SSSR count). The maximum Gasteiger partial charge on any atom is 0.363 e. The molecule has 1 heterocycles. The van der Waals surface area contributed by atoms with Crippen LogP contribution in [0.25, 0.3) is 6.08 Å². The summed E-state index contributed by atoms with van der Waals surface area (Å²) in [6, 6.07) is 4.45. The maximum atomic E-state index is 10.8. The number of rotatable bonds is 4. The van der Waals surface area contributed by atoms with Crippen LogP contribution in [0, 0.1) is 10.1 Å². The van der Waals surface area contributed by atoms with E-state index in [2.05, 4.69) is 4.81 Å². The highest BCUT2D eigenvalue weighted by Gasteiger charge is 2.16. The van der Waals surface area contributed by atoms with Crippen molar-refractivity contribution in [3.05, 3.63) is 39.4 Å². The third kappa shape index (κ3) is 3.58. The predicted molar refractivity (Wildman–Crippen MR) is 77.7 cm³/mol. The molecule has 1 saturated heterocycles. The van der Waals surface area contributed by atoms with E-state index >= 15 is 0 Å². The van der Waals surface area contributed by atoms with Crippen molar-refractivity contribution >= 4 is 19.4 Å². The average molecular weight is 276 g/mol. The Balaban J connectivity index is 2.17. The Morgan fingerprint density at radius 3 is 3.05 bits per heavy atom. The van der Waals surface area contributed by atoms with E-state index in [-0.39, 0.29) is 11.4 Å². The summed E-state index contributed by atoms with van der Waals surface area (Å²) in [6.07, 6.45) is 3.98. The molecule has 1 aliphatic heterocycles. The van der Waals surface area contributed by atoms with E-state index in [4.69, 9.17) is 4.65 Å². The second-order valence-corrected chi connectivity index (χ2v) is 4.88. The normalized spacial score (nSPS) is 18.1. The van der Waals surface area contributed by atoms with Crippen molar-refractivity contribution in [1.82, 2.24) is 4.81 Å². The second-order valence-electron chi connectivity index (χ2n) is 4.88. The number of nitrogens with zero attached hydrogens (tertiary/aromatic N) is 2. The van der Waals surface area contributed by atoms with Gasteiger partial charge in [0.2, 0.25) is 0 Å². The van der Waals surface area contributed by atoms with Gasteiger partial charge in [0, 0.05) is 19.7 Å². The Hall–Kier alpha value is -1.86. The van der Waals surface area contributed by atoms with Gasteiger partial charge in [-0.3, -0.25) is 10.1 Å². The lowest BCUT2D eigenvalue weighted by atomic mass is 9.97. The SMILES string of the molecule is COBN1CCCC(=Cc2ccc(O)c([N+](=O)[O-])c2)C1. The number of nitro benzene ring substituents is 1. The Morgan fingerprint density at radius 2 is 2.35 bits per heavy atom. The van der Waals surface area contributed by atoms with Gasteiger partial charge < -0.3 is 14.6 Å². The minimum absolute atomic E-state index is 0.260. The van der Waals surface area contributed by atoms with Crippen LogP contribution in [0.15, 0.2) is 23.8 Å². The minimum atomic E-state index is -0.574. The maximum absolute atomic E-state index is 10.8. The molecular formula is C13H17BN2O4. The Morgan fingerprint density at radius 1 is 1.55 bits per heavy atom. The van der Waals surface area contributed by atoms with Gasteiger partial charge >= 0.3 is 13.3 Å². The number of piperidine rings is 1. The smallest absolute Gasteiger partial charge is 0.363 e. The van der Waals surface area contributed by atoms with Gasteiger partial charge in [0.15, 0.2) is 5.75 Å². The zero-order chi connectivity index (χ0) is 14.5. The third-order valence-electron chi connectivity index (χ3n) is 3.28. The van der Waals surface area contributed by atoms with E-state index in [1.807, 2.05) is 6.08 Å². The van der Waals surface area contributed by atoms with Gasteiger partial charge in [-0.2, -0.15) is 0 Å². The molecule has 1 aliphatic rings. The quantitative estimate of drug-likeness (QED) is 0.514. The fraction of sp³-hybridized carbons (Fsp3) is 0.385. The molecule has 0 aliphatic carbocycles. The topological polar surface area (TPSA) is 75.8 Å². The molecule has 6 nitrogen and oxygen atoms in total. The molecule has 106 valence electrons. The van der Waals surface area contributed by atoms with Gasteiger partial charge in [0.05, 0.1) is 4.92 Å². The van der Waals surface area contributed by atoms with Gasteiger partial charge in [-0.1, -0.05) is 17.7 Å². The molecular weight excluding hydrogens is 259 g/mol. The van der Waals surface area contributed by atoms with Gasteiger partial charge in [0.25, 0.3) is 0 Å². The molecule has 0 saturated carbocycles. The first kappa shape index (κ1) is 14.6. The lowest BCUT2D eigenvalue weighted by Crippen LogP contribution is -2.35. The highest BCUT2D eigenvalue weighted by atomic mass is 16.6. The highest BCUT2D eigenvalue weighted by Crippen LogP contribution is 2.28. The van der Waals surface area contributed by atoms with Crippen LogP contribution in [-0.2, 0) is 4.65 Å². The first-order valence-corrected chi connectivity index (χ1v) is 6.48. The molecule has 0 radical (unpaired) electrons. The van der Waals surface area contributed by atoms with E-state index in [1.165, 1.54) is 17.7 Å². The summed E-state index contributed by atoms with van der Waals surface area (Å²) in [4.78, 5) is 12.4.